The predicted octanol–water partition coefficient (Wildman–Crippen LogP) is 2.08. The number of carbonyl (C=O) groups is 2. The molecule has 0 unspecified atom stereocenters. The molecule has 110 valence electrons. The molecule has 0 bridgehead atoms. The van der Waals surface area contributed by atoms with Gasteiger partial charge in [-0.05, 0) is 12.0 Å². The van der Waals surface area contributed by atoms with Crippen LogP contribution in [0.25, 0.3) is 0 Å². The number of hydrogen-bond donors (Lipinski definition) is 2. The van der Waals surface area contributed by atoms with Crippen LogP contribution in [0, 0.1) is 29.2 Å². The van der Waals surface area contributed by atoms with Crippen molar-refractivity contribution in [1.82, 2.24) is 5.32 Å². The van der Waals surface area contributed by atoms with E-state index in [1.165, 1.54) is 13.8 Å². The fraction of sp³-hybridized carbons (Fsp3) is 0.333. The van der Waals surface area contributed by atoms with Crippen molar-refractivity contribution in [3.8, 4) is 0 Å². The number of hydrogen-bond acceptors (Lipinski definition) is 2. The first-order chi connectivity index (χ1) is 9.16. The molecule has 0 fully saturated rings. The van der Waals surface area contributed by atoms with Gasteiger partial charge in [-0.1, -0.05) is 13.8 Å². The third kappa shape index (κ3) is 3.06. The summed E-state index contributed by atoms with van der Waals surface area (Å²) in [6, 6.07) is -1.21. The molecule has 1 aromatic rings. The lowest BCUT2D eigenvalue weighted by atomic mass is 10.0. The Morgan fingerprint density at radius 1 is 1.10 bits per heavy atom. The van der Waals surface area contributed by atoms with Gasteiger partial charge in [0.2, 0.25) is 0 Å². The summed E-state index contributed by atoms with van der Waals surface area (Å²) in [5.74, 6) is -11.1. The molecular formula is C12H11F4NO3. The molecule has 4 nitrogen and oxygen atoms in total. The van der Waals surface area contributed by atoms with Crippen LogP contribution < -0.4 is 5.32 Å². The Morgan fingerprint density at radius 2 is 1.65 bits per heavy atom. The molecule has 8 heteroatoms. The number of halogens is 4. The summed E-state index contributed by atoms with van der Waals surface area (Å²) >= 11 is 0. The van der Waals surface area contributed by atoms with Crippen molar-refractivity contribution in [3.05, 3.63) is 34.9 Å². The van der Waals surface area contributed by atoms with Crippen LogP contribution in [0.5, 0.6) is 0 Å². The van der Waals surface area contributed by atoms with Crippen molar-refractivity contribution in [1.29, 1.82) is 0 Å². The molecule has 0 saturated carbocycles. The zero-order valence-electron chi connectivity index (χ0n) is 10.5. The second kappa shape index (κ2) is 5.89. The summed E-state index contributed by atoms with van der Waals surface area (Å²) < 4.78 is 52.0. The largest absolute Gasteiger partial charge is 0.480 e. The first-order valence-corrected chi connectivity index (χ1v) is 5.53. The smallest absolute Gasteiger partial charge is 0.326 e. The SMILES string of the molecule is CC(C)[C@@H](NC(=O)c1cc(F)c(F)c(F)c1F)C(=O)O. The van der Waals surface area contributed by atoms with Crippen LogP contribution in [0.1, 0.15) is 24.2 Å². The molecule has 0 spiro atoms. The van der Waals surface area contributed by atoms with E-state index in [1.807, 2.05) is 5.32 Å². The van der Waals surface area contributed by atoms with Crippen molar-refractivity contribution in [2.24, 2.45) is 5.92 Å². The Hall–Kier alpha value is -2.12. The molecular weight excluding hydrogens is 282 g/mol. The summed E-state index contributed by atoms with van der Waals surface area (Å²) in [5, 5.41) is 10.8. The Kier molecular flexibility index (Phi) is 4.69. The van der Waals surface area contributed by atoms with Crippen LogP contribution in [0.15, 0.2) is 6.07 Å². The number of carboxylic acid groups (broad SMARTS) is 1. The number of amides is 1. The van der Waals surface area contributed by atoms with Gasteiger partial charge in [-0.25, -0.2) is 22.4 Å². The fourth-order valence-electron chi connectivity index (χ4n) is 1.47. The molecule has 1 aromatic carbocycles. The molecule has 0 aliphatic rings. The average Bonchev–Trinajstić information content (AvgIpc) is 2.36. The van der Waals surface area contributed by atoms with E-state index < -0.39 is 52.7 Å². The number of benzene rings is 1. The molecule has 2 N–H and O–H groups in total. The van der Waals surface area contributed by atoms with Gasteiger partial charge >= 0.3 is 5.97 Å². The van der Waals surface area contributed by atoms with Gasteiger partial charge < -0.3 is 10.4 Å². The van der Waals surface area contributed by atoms with E-state index in [4.69, 9.17) is 5.11 Å². The molecule has 0 aliphatic carbocycles. The van der Waals surface area contributed by atoms with Crippen molar-refractivity contribution in [2.75, 3.05) is 0 Å². The lowest BCUT2D eigenvalue weighted by molar-refractivity contribution is -0.140. The van der Waals surface area contributed by atoms with Gasteiger partial charge in [0.25, 0.3) is 5.91 Å². The second-order valence-electron chi connectivity index (χ2n) is 4.38. The minimum atomic E-state index is -2.13. The minimum absolute atomic E-state index is 0.169. The van der Waals surface area contributed by atoms with E-state index >= 15 is 0 Å². The predicted molar refractivity (Wildman–Crippen MR) is 60.0 cm³/mol. The Balaban J connectivity index is 3.13. The maximum absolute atomic E-state index is 13.4. The minimum Gasteiger partial charge on any atom is -0.480 e. The van der Waals surface area contributed by atoms with E-state index in [0.29, 0.717) is 0 Å². The van der Waals surface area contributed by atoms with Crippen molar-refractivity contribution in [3.63, 3.8) is 0 Å². The number of carbonyl (C=O) groups excluding carboxylic acids is 1. The van der Waals surface area contributed by atoms with Crippen LogP contribution in [0.3, 0.4) is 0 Å². The third-order valence-corrected chi connectivity index (χ3v) is 2.57. The summed E-state index contributed by atoms with van der Waals surface area (Å²) in [6.07, 6.45) is 0. The van der Waals surface area contributed by atoms with Crippen LogP contribution in [-0.4, -0.2) is 23.0 Å². The van der Waals surface area contributed by atoms with Crippen molar-refractivity contribution >= 4 is 11.9 Å². The van der Waals surface area contributed by atoms with E-state index in [1.54, 1.807) is 0 Å². The first-order valence-electron chi connectivity index (χ1n) is 5.53. The summed E-state index contributed by atoms with van der Waals surface area (Å²) in [6.45, 7) is 2.95. The fourth-order valence-corrected chi connectivity index (χ4v) is 1.47. The number of carboxylic acids is 1. The molecule has 20 heavy (non-hydrogen) atoms. The molecule has 0 saturated heterocycles. The maximum atomic E-state index is 13.4. The highest BCUT2D eigenvalue weighted by Crippen LogP contribution is 2.19. The number of aliphatic carboxylic acids is 1. The molecule has 0 aromatic heterocycles. The quantitative estimate of drug-likeness (QED) is 0.507. The standard InChI is InChI=1S/C12H11F4NO3/c1-4(2)10(12(19)20)17-11(18)5-3-6(13)8(15)9(16)7(5)14/h3-4,10H,1-2H3,(H,17,18)(H,19,20)/t10-/m1/s1. The van der Waals surface area contributed by atoms with E-state index in [9.17, 15) is 27.2 Å². The number of nitrogens with one attached hydrogen (secondary N) is 1. The average molecular weight is 293 g/mol. The van der Waals surface area contributed by atoms with Gasteiger partial charge in [-0.3, -0.25) is 4.79 Å². The maximum Gasteiger partial charge on any atom is 0.326 e. The van der Waals surface area contributed by atoms with Crippen LogP contribution in [0.4, 0.5) is 17.6 Å². The van der Waals surface area contributed by atoms with Gasteiger partial charge in [-0.2, -0.15) is 0 Å². The van der Waals surface area contributed by atoms with Crippen molar-refractivity contribution in [2.45, 2.75) is 19.9 Å². The zero-order valence-corrected chi connectivity index (χ0v) is 10.5. The topological polar surface area (TPSA) is 66.4 Å². The van der Waals surface area contributed by atoms with Gasteiger partial charge in [0.1, 0.15) is 6.04 Å². The highest BCUT2D eigenvalue weighted by atomic mass is 19.2. The van der Waals surface area contributed by atoms with Gasteiger partial charge in [0.05, 0.1) is 5.56 Å². The van der Waals surface area contributed by atoms with Crippen LogP contribution >= 0.6 is 0 Å². The van der Waals surface area contributed by atoms with Crippen LogP contribution in [0.2, 0.25) is 0 Å². The van der Waals surface area contributed by atoms with E-state index in [-0.39, 0.29) is 6.07 Å². The molecule has 0 radical (unpaired) electrons. The Bertz CT molecular complexity index is 560. The highest BCUT2D eigenvalue weighted by Gasteiger charge is 2.28. The van der Waals surface area contributed by atoms with Crippen molar-refractivity contribution < 1.29 is 32.3 Å². The summed E-state index contributed by atoms with van der Waals surface area (Å²) in [4.78, 5) is 22.5. The van der Waals surface area contributed by atoms with Crippen LogP contribution in [-0.2, 0) is 4.79 Å². The van der Waals surface area contributed by atoms with Gasteiger partial charge in [0, 0.05) is 0 Å². The molecule has 1 amide bonds. The lowest BCUT2D eigenvalue weighted by Crippen LogP contribution is -2.44. The zero-order chi connectivity index (χ0) is 15.6. The Morgan fingerprint density at radius 3 is 2.10 bits per heavy atom. The highest BCUT2D eigenvalue weighted by molar-refractivity contribution is 5.96. The van der Waals surface area contributed by atoms with Gasteiger partial charge in [0.15, 0.2) is 23.3 Å². The third-order valence-electron chi connectivity index (χ3n) is 2.57. The summed E-state index contributed by atoms with van der Waals surface area (Å²) in [7, 11) is 0. The number of rotatable bonds is 4. The van der Waals surface area contributed by atoms with E-state index in [0.717, 1.165) is 0 Å². The molecule has 0 aliphatic heterocycles. The lowest BCUT2D eigenvalue weighted by Gasteiger charge is -2.18. The molecule has 0 heterocycles. The van der Waals surface area contributed by atoms with E-state index in [2.05, 4.69) is 0 Å². The monoisotopic (exact) mass is 293 g/mol. The normalized spacial score (nSPS) is 12.3. The van der Waals surface area contributed by atoms with Gasteiger partial charge in [-0.15, -0.1) is 0 Å². The first kappa shape index (κ1) is 15.9. The molecule has 1 atom stereocenters. The summed E-state index contributed by atoms with van der Waals surface area (Å²) in [5.41, 5.74) is -1.10. The molecule has 1 rings (SSSR count). The second-order valence-corrected chi connectivity index (χ2v) is 4.38. The Labute approximate surface area is 111 Å².